The molecular weight excluding hydrogens is 326 g/mol. The fourth-order valence-electron chi connectivity index (χ4n) is 1.57. The number of nitrogens with zero attached hydrogens (tertiary/aromatic N) is 4. The lowest BCUT2D eigenvalue weighted by Gasteiger charge is -2.08. The largest absolute Gasteiger partial charge is 0.462 e. The third-order valence-electron chi connectivity index (χ3n) is 2.43. The first kappa shape index (κ1) is 14.4. The van der Waals surface area contributed by atoms with Crippen LogP contribution in [0, 0.1) is 0 Å². The van der Waals surface area contributed by atoms with Gasteiger partial charge in [0.25, 0.3) is 0 Å². The Balaban J connectivity index is 2.33. The number of hydrogen-bond donors (Lipinski definition) is 1. The van der Waals surface area contributed by atoms with Gasteiger partial charge in [0.15, 0.2) is 5.82 Å². The van der Waals surface area contributed by atoms with Gasteiger partial charge in [-0.1, -0.05) is 0 Å². The van der Waals surface area contributed by atoms with Crippen LogP contribution in [0.3, 0.4) is 0 Å². The maximum Gasteiger partial charge on any atom is 0.341 e. The minimum Gasteiger partial charge on any atom is -0.462 e. The van der Waals surface area contributed by atoms with Gasteiger partial charge < -0.3 is 10.1 Å². The first-order valence-electron chi connectivity index (χ1n) is 6.13. The molecule has 0 amide bonds. The first-order chi connectivity index (χ1) is 9.67. The highest BCUT2D eigenvalue weighted by atomic mass is 79.9. The van der Waals surface area contributed by atoms with E-state index in [2.05, 4.69) is 36.3 Å². The van der Waals surface area contributed by atoms with E-state index < -0.39 is 5.97 Å². The van der Waals surface area contributed by atoms with Crippen molar-refractivity contribution in [3.8, 4) is 5.82 Å². The van der Waals surface area contributed by atoms with Crippen molar-refractivity contribution in [1.82, 2.24) is 19.7 Å². The van der Waals surface area contributed by atoms with Gasteiger partial charge in [-0.05, 0) is 29.8 Å². The zero-order valence-electron chi connectivity index (χ0n) is 11.1. The molecule has 0 unspecified atom stereocenters. The van der Waals surface area contributed by atoms with Gasteiger partial charge in [0.2, 0.25) is 0 Å². The second-order valence-electron chi connectivity index (χ2n) is 3.78. The molecule has 0 aliphatic rings. The Morgan fingerprint density at radius 2 is 2.25 bits per heavy atom. The SMILES string of the molecule is CCNc1ncnc(-n2cc(C(=O)OCC)cn2)c1Br. The van der Waals surface area contributed by atoms with Crippen LogP contribution in [0.5, 0.6) is 0 Å². The molecule has 7 nitrogen and oxygen atoms in total. The zero-order chi connectivity index (χ0) is 14.5. The monoisotopic (exact) mass is 339 g/mol. The third kappa shape index (κ3) is 2.96. The van der Waals surface area contributed by atoms with Crippen LogP contribution in [-0.4, -0.2) is 38.9 Å². The molecule has 2 aromatic heterocycles. The number of ether oxygens (including phenoxy) is 1. The Morgan fingerprint density at radius 3 is 2.95 bits per heavy atom. The predicted octanol–water partition coefficient (Wildman–Crippen LogP) is 2.03. The maximum atomic E-state index is 11.6. The lowest BCUT2D eigenvalue weighted by Crippen LogP contribution is -2.06. The molecule has 1 N–H and O–H groups in total. The zero-order valence-corrected chi connectivity index (χ0v) is 12.7. The van der Waals surface area contributed by atoms with E-state index in [9.17, 15) is 4.79 Å². The van der Waals surface area contributed by atoms with Gasteiger partial charge in [0, 0.05) is 12.7 Å². The Kier molecular flexibility index (Phi) is 4.67. The molecule has 2 heterocycles. The summed E-state index contributed by atoms with van der Waals surface area (Å²) >= 11 is 3.43. The van der Waals surface area contributed by atoms with Crippen molar-refractivity contribution in [2.24, 2.45) is 0 Å². The number of hydrogen-bond acceptors (Lipinski definition) is 6. The van der Waals surface area contributed by atoms with E-state index in [1.54, 1.807) is 13.1 Å². The quantitative estimate of drug-likeness (QED) is 0.839. The number of carbonyl (C=O) groups is 1. The van der Waals surface area contributed by atoms with Gasteiger partial charge in [-0.15, -0.1) is 0 Å². The van der Waals surface area contributed by atoms with E-state index in [4.69, 9.17) is 4.74 Å². The van der Waals surface area contributed by atoms with Crippen molar-refractivity contribution in [3.05, 3.63) is 28.8 Å². The molecular formula is C12H14BrN5O2. The molecule has 2 rings (SSSR count). The first-order valence-corrected chi connectivity index (χ1v) is 6.93. The van der Waals surface area contributed by atoms with Crippen LogP contribution in [0.2, 0.25) is 0 Å². The van der Waals surface area contributed by atoms with E-state index >= 15 is 0 Å². The fraction of sp³-hybridized carbons (Fsp3) is 0.333. The van der Waals surface area contributed by atoms with Gasteiger partial charge in [-0.25, -0.2) is 19.4 Å². The summed E-state index contributed by atoms with van der Waals surface area (Å²) in [6.45, 7) is 4.79. The lowest BCUT2D eigenvalue weighted by atomic mass is 10.4. The van der Waals surface area contributed by atoms with E-state index in [0.717, 1.165) is 6.54 Å². The Bertz CT molecular complexity index is 614. The molecule has 0 aliphatic carbocycles. The van der Waals surface area contributed by atoms with Crippen molar-refractivity contribution in [3.63, 3.8) is 0 Å². The van der Waals surface area contributed by atoms with E-state index in [0.29, 0.717) is 28.3 Å². The summed E-state index contributed by atoms with van der Waals surface area (Å²) < 4.78 is 7.10. The van der Waals surface area contributed by atoms with Gasteiger partial charge in [0.1, 0.15) is 16.6 Å². The van der Waals surface area contributed by atoms with Crippen molar-refractivity contribution >= 4 is 27.7 Å². The van der Waals surface area contributed by atoms with E-state index in [-0.39, 0.29) is 0 Å². The summed E-state index contributed by atoms with van der Waals surface area (Å²) in [5.74, 6) is 0.813. The number of nitrogens with one attached hydrogen (secondary N) is 1. The summed E-state index contributed by atoms with van der Waals surface area (Å²) in [6.07, 6.45) is 4.45. The van der Waals surface area contributed by atoms with Crippen LogP contribution in [0.1, 0.15) is 24.2 Å². The number of aromatic nitrogens is 4. The van der Waals surface area contributed by atoms with E-state index in [1.165, 1.54) is 17.2 Å². The van der Waals surface area contributed by atoms with Crippen molar-refractivity contribution < 1.29 is 9.53 Å². The number of carbonyl (C=O) groups excluding carboxylic acids is 1. The van der Waals surface area contributed by atoms with E-state index in [1.807, 2.05) is 6.92 Å². The molecule has 2 aromatic rings. The van der Waals surface area contributed by atoms with Crippen molar-refractivity contribution in [2.75, 3.05) is 18.5 Å². The van der Waals surface area contributed by atoms with Crippen LogP contribution in [-0.2, 0) is 4.74 Å². The van der Waals surface area contributed by atoms with Gasteiger partial charge in [-0.2, -0.15) is 5.10 Å². The molecule has 0 saturated carbocycles. The average Bonchev–Trinajstić information content (AvgIpc) is 2.91. The Labute approximate surface area is 124 Å². The van der Waals surface area contributed by atoms with Crippen molar-refractivity contribution in [2.45, 2.75) is 13.8 Å². The molecule has 0 saturated heterocycles. The minimum atomic E-state index is -0.407. The maximum absolute atomic E-state index is 11.6. The number of anilines is 1. The highest BCUT2D eigenvalue weighted by Gasteiger charge is 2.14. The molecule has 0 aromatic carbocycles. The molecule has 0 aliphatic heterocycles. The standard InChI is InChI=1S/C12H14BrN5O2/c1-3-14-10-9(13)11(16-7-15-10)18-6-8(5-17-18)12(19)20-4-2/h5-7H,3-4H2,1-2H3,(H,14,15,16). The molecule has 0 fully saturated rings. The molecule has 0 atom stereocenters. The second-order valence-corrected chi connectivity index (χ2v) is 4.58. The average molecular weight is 340 g/mol. The molecule has 106 valence electrons. The topological polar surface area (TPSA) is 81.9 Å². The summed E-state index contributed by atoms with van der Waals surface area (Å²) in [4.78, 5) is 19.9. The van der Waals surface area contributed by atoms with Gasteiger partial charge >= 0.3 is 5.97 Å². The molecule has 0 spiro atoms. The second kappa shape index (κ2) is 6.47. The molecule has 20 heavy (non-hydrogen) atoms. The Hall–Kier alpha value is -1.96. The van der Waals surface area contributed by atoms with Crippen molar-refractivity contribution in [1.29, 1.82) is 0 Å². The predicted molar refractivity (Wildman–Crippen MR) is 77.0 cm³/mol. The fourth-order valence-corrected chi connectivity index (χ4v) is 2.10. The smallest absolute Gasteiger partial charge is 0.341 e. The van der Waals surface area contributed by atoms with Crippen LogP contribution in [0.15, 0.2) is 23.2 Å². The molecule has 0 radical (unpaired) electrons. The Morgan fingerprint density at radius 1 is 1.45 bits per heavy atom. The third-order valence-corrected chi connectivity index (χ3v) is 3.16. The lowest BCUT2D eigenvalue weighted by molar-refractivity contribution is 0.0526. The number of esters is 1. The highest BCUT2D eigenvalue weighted by molar-refractivity contribution is 9.10. The summed E-state index contributed by atoms with van der Waals surface area (Å²) in [5.41, 5.74) is 0.377. The molecule has 0 bridgehead atoms. The normalized spacial score (nSPS) is 10.3. The molecule has 8 heteroatoms. The van der Waals surface area contributed by atoms with Gasteiger partial charge in [0.05, 0.1) is 18.4 Å². The number of rotatable bonds is 5. The van der Waals surface area contributed by atoms with Crippen LogP contribution in [0.4, 0.5) is 5.82 Å². The highest BCUT2D eigenvalue weighted by Crippen LogP contribution is 2.25. The number of halogens is 1. The minimum absolute atomic E-state index is 0.325. The van der Waals surface area contributed by atoms with Gasteiger partial charge in [-0.3, -0.25) is 0 Å². The summed E-state index contributed by atoms with van der Waals surface area (Å²) in [5, 5.41) is 7.22. The summed E-state index contributed by atoms with van der Waals surface area (Å²) in [6, 6.07) is 0. The summed E-state index contributed by atoms with van der Waals surface area (Å²) in [7, 11) is 0. The van der Waals surface area contributed by atoms with Crippen LogP contribution in [0.25, 0.3) is 5.82 Å². The van der Waals surface area contributed by atoms with Crippen LogP contribution >= 0.6 is 15.9 Å². The van der Waals surface area contributed by atoms with Crippen LogP contribution < -0.4 is 5.32 Å².